The second-order valence-corrected chi connectivity index (χ2v) is 6.35. The van der Waals surface area contributed by atoms with Gasteiger partial charge in [0.05, 0.1) is 23.7 Å². The molecular formula is C13H17N3O3S2. The zero-order chi connectivity index (χ0) is 15.1. The van der Waals surface area contributed by atoms with Crippen LogP contribution >= 0.6 is 23.1 Å². The van der Waals surface area contributed by atoms with Gasteiger partial charge in [-0.2, -0.15) is 0 Å². The highest BCUT2D eigenvalue weighted by Crippen LogP contribution is 2.18. The molecule has 0 atom stereocenters. The molecule has 0 N–H and O–H groups in total. The van der Waals surface area contributed by atoms with Crippen molar-refractivity contribution in [3.05, 3.63) is 22.0 Å². The third kappa shape index (κ3) is 5.47. The van der Waals surface area contributed by atoms with E-state index < -0.39 is 0 Å². The Bertz CT molecular complexity index is 583. The Balaban J connectivity index is 1.76. The summed E-state index contributed by atoms with van der Waals surface area (Å²) in [5, 5.41) is 11.2. The zero-order valence-corrected chi connectivity index (χ0v) is 13.6. The Kier molecular flexibility index (Phi) is 6.19. The van der Waals surface area contributed by atoms with Crippen molar-refractivity contribution in [3.63, 3.8) is 0 Å². The number of rotatable bonds is 8. The van der Waals surface area contributed by atoms with Gasteiger partial charge in [-0.1, -0.05) is 25.1 Å². The van der Waals surface area contributed by atoms with Crippen LogP contribution in [-0.2, 0) is 16.0 Å². The summed E-state index contributed by atoms with van der Waals surface area (Å²) in [4.78, 5) is 15.8. The number of ether oxygens (including phenoxy) is 1. The van der Waals surface area contributed by atoms with Crippen molar-refractivity contribution in [2.75, 3.05) is 12.4 Å². The van der Waals surface area contributed by atoms with Crippen LogP contribution in [0.4, 0.5) is 0 Å². The van der Waals surface area contributed by atoms with Crippen molar-refractivity contribution in [2.24, 2.45) is 0 Å². The summed E-state index contributed by atoms with van der Waals surface area (Å²) in [5.41, 5.74) is 0.914. The molecule has 0 amide bonds. The van der Waals surface area contributed by atoms with E-state index in [4.69, 9.17) is 9.15 Å². The molecule has 2 aromatic heterocycles. The molecule has 0 aliphatic rings. The van der Waals surface area contributed by atoms with Gasteiger partial charge >= 0.3 is 5.97 Å². The van der Waals surface area contributed by atoms with Gasteiger partial charge in [0, 0.05) is 5.38 Å². The number of thioether (sulfide) groups is 1. The topological polar surface area (TPSA) is 78.1 Å². The first kappa shape index (κ1) is 16.0. The van der Waals surface area contributed by atoms with E-state index in [-0.39, 0.29) is 11.7 Å². The van der Waals surface area contributed by atoms with Crippen LogP contribution in [0.5, 0.6) is 0 Å². The first-order valence-electron chi connectivity index (χ1n) is 6.69. The molecule has 0 bridgehead atoms. The smallest absolute Gasteiger partial charge is 0.316 e. The lowest BCUT2D eigenvalue weighted by Crippen LogP contribution is -2.08. The first-order valence-corrected chi connectivity index (χ1v) is 8.55. The number of thiazole rings is 1. The Labute approximate surface area is 131 Å². The van der Waals surface area contributed by atoms with Crippen LogP contribution in [0.15, 0.2) is 15.0 Å². The predicted octanol–water partition coefficient (Wildman–Crippen LogP) is 2.86. The van der Waals surface area contributed by atoms with Crippen molar-refractivity contribution in [3.8, 4) is 0 Å². The standard InChI is InChI=1S/C13H17N3O3S2/c1-3-4-5-18-12(17)8-21-13-16-15-11(19-13)6-10-7-20-9(2)14-10/h7H,3-6,8H2,1-2H3. The van der Waals surface area contributed by atoms with Gasteiger partial charge < -0.3 is 9.15 Å². The molecule has 0 aromatic carbocycles. The normalized spacial score (nSPS) is 10.8. The molecular weight excluding hydrogens is 310 g/mol. The first-order chi connectivity index (χ1) is 10.2. The van der Waals surface area contributed by atoms with E-state index >= 15 is 0 Å². The van der Waals surface area contributed by atoms with E-state index in [0.717, 1.165) is 23.5 Å². The number of unbranched alkanes of at least 4 members (excludes halogenated alkanes) is 1. The van der Waals surface area contributed by atoms with Crippen LogP contribution in [0.25, 0.3) is 0 Å². The molecule has 6 nitrogen and oxygen atoms in total. The van der Waals surface area contributed by atoms with Crippen molar-refractivity contribution < 1.29 is 13.9 Å². The molecule has 0 saturated heterocycles. The molecule has 0 saturated carbocycles. The summed E-state index contributed by atoms with van der Waals surface area (Å²) in [7, 11) is 0. The summed E-state index contributed by atoms with van der Waals surface area (Å²) in [6.07, 6.45) is 2.40. The van der Waals surface area contributed by atoms with Crippen molar-refractivity contribution >= 4 is 29.1 Å². The van der Waals surface area contributed by atoms with E-state index in [0.29, 0.717) is 24.1 Å². The lowest BCUT2D eigenvalue weighted by atomic mass is 10.3. The molecule has 2 rings (SSSR count). The van der Waals surface area contributed by atoms with Gasteiger partial charge in [0.1, 0.15) is 5.75 Å². The molecule has 0 aliphatic carbocycles. The summed E-state index contributed by atoms with van der Waals surface area (Å²) in [6.45, 7) is 4.47. The minimum atomic E-state index is -0.261. The van der Waals surface area contributed by atoms with Crippen LogP contribution < -0.4 is 0 Å². The number of esters is 1. The SMILES string of the molecule is CCCCOC(=O)CSc1nnc(Cc2csc(C)n2)o1. The van der Waals surface area contributed by atoms with Crippen molar-refractivity contribution in [1.29, 1.82) is 0 Å². The van der Waals surface area contributed by atoms with Crippen LogP contribution in [0.3, 0.4) is 0 Å². The summed E-state index contributed by atoms with van der Waals surface area (Å²) >= 11 is 2.78. The predicted molar refractivity (Wildman–Crippen MR) is 80.5 cm³/mol. The number of hydrogen-bond acceptors (Lipinski definition) is 8. The maximum atomic E-state index is 11.5. The third-order valence-electron chi connectivity index (χ3n) is 2.52. The lowest BCUT2D eigenvalue weighted by Gasteiger charge is -2.01. The van der Waals surface area contributed by atoms with Gasteiger partial charge in [-0.15, -0.1) is 21.5 Å². The summed E-state index contributed by atoms with van der Waals surface area (Å²) in [6, 6.07) is 0. The average molecular weight is 327 g/mol. The molecule has 0 fully saturated rings. The molecule has 0 spiro atoms. The third-order valence-corrected chi connectivity index (χ3v) is 4.14. The molecule has 0 radical (unpaired) electrons. The largest absolute Gasteiger partial charge is 0.465 e. The molecule has 2 aromatic rings. The van der Waals surface area contributed by atoms with Gasteiger partial charge in [-0.25, -0.2) is 4.98 Å². The van der Waals surface area contributed by atoms with Gasteiger partial charge in [0.15, 0.2) is 0 Å². The second kappa shape index (κ2) is 8.14. The van der Waals surface area contributed by atoms with E-state index in [1.807, 2.05) is 19.2 Å². The van der Waals surface area contributed by atoms with Crippen LogP contribution in [0, 0.1) is 6.92 Å². The van der Waals surface area contributed by atoms with E-state index in [1.54, 1.807) is 11.3 Å². The Morgan fingerprint density at radius 2 is 2.33 bits per heavy atom. The fraction of sp³-hybridized carbons (Fsp3) is 0.538. The molecule has 0 aliphatic heterocycles. The molecule has 114 valence electrons. The minimum absolute atomic E-state index is 0.182. The van der Waals surface area contributed by atoms with Gasteiger partial charge in [-0.05, 0) is 13.3 Å². The highest BCUT2D eigenvalue weighted by atomic mass is 32.2. The Morgan fingerprint density at radius 3 is 3.05 bits per heavy atom. The van der Waals surface area contributed by atoms with E-state index in [2.05, 4.69) is 15.2 Å². The fourth-order valence-corrected chi connectivity index (χ4v) is 2.70. The molecule has 21 heavy (non-hydrogen) atoms. The van der Waals surface area contributed by atoms with Crippen LogP contribution in [0.2, 0.25) is 0 Å². The summed E-state index contributed by atoms with van der Waals surface area (Å²) < 4.78 is 10.5. The van der Waals surface area contributed by atoms with Crippen LogP contribution in [0.1, 0.15) is 36.4 Å². The number of nitrogens with zero attached hydrogens (tertiary/aromatic N) is 3. The number of aromatic nitrogens is 3. The maximum absolute atomic E-state index is 11.5. The molecule has 0 unspecified atom stereocenters. The average Bonchev–Trinajstić information content (AvgIpc) is 3.07. The number of hydrogen-bond donors (Lipinski definition) is 0. The summed E-state index contributed by atoms with van der Waals surface area (Å²) in [5.74, 6) is 0.423. The second-order valence-electron chi connectivity index (χ2n) is 4.36. The highest BCUT2D eigenvalue weighted by molar-refractivity contribution is 7.99. The van der Waals surface area contributed by atoms with Crippen molar-refractivity contribution in [1.82, 2.24) is 15.2 Å². The number of carbonyl (C=O) groups excluding carboxylic acids is 1. The van der Waals surface area contributed by atoms with E-state index in [1.165, 1.54) is 11.8 Å². The lowest BCUT2D eigenvalue weighted by molar-refractivity contribution is -0.140. The number of aryl methyl sites for hydroxylation is 1. The number of carbonyl (C=O) groups is 1. The zero-order valence-electron chi connectivity index (χ0n) is 12.0. The van der Waals surface area contributed by atoms with Gasteiger partial charge in [-0.3, -0.25) is 4.79 Å². The van der Waals surface area contributed by atoms with Crippen LogP contribution in [-0.4, -0.2) is 33.5 Å². The molecule has 2 heterocycles. The van der Waals surface area contributed by atoms with Crippen molar-refractivity contribution in [2.45, 2.75) is 38.3 Å². The Morgan fingerprint density at radius 1 is 1.48 bits per heavy atom. The van der Waals surface area contributed by atoms with Gasteiger partial charge in [0.25, 0.3) is 5.22 Å². The quantitative estimate of drug-likeness (QED) is 0.419. The fourth-order valence-electron chi connectivity index (χ4n) is 1.51. The Hall–Kier alpha value is -1.41. The molecule has 8 heteroatoms. The highest BCUT2D eigenvalue weighted by Gasteiger charge is 2.11. The minimum Gasteiger partial charge on any atom is -0.465 e. The van der Waals surface area contributed by atoms with E-state index in [9.17, 15) is 4.79 Å². The monoisotopic (exact) mass is 327 g/mol. The van der Waals surface area contributed by atoms with Gasteiger partial charge in [0.2, 0.25) is 5.89 Å². The maximum Gasteiger partial charge on any atom is 0.316 e.